The first-order valence-corrected chi connectivity index (χ1v) is 7.48. The molecule has 116 valence electrons. The molecule has 0 atom stereocenters. The standard InChI is InChI=1S/C16H19N3O3/c1-12-17-15(18-22-12)14-7-9-19(10-8-14)16(20)21-11-13-5-3-2-4-6-13/h2-6,14H,7-11H2,1H3. The molecule has 1 saturated heterocycles. The fraction of sp³-hybridized carbons (Fsp3) is 0.438. The zero-order valence-electron chi connectivity index (χ0n) is 12.6. The molecule has 1 fully saturated rings. The van der Waals surface area contributed by atoms with Crippen molar-refractivity contribution in [3.8, 4) is 0 Å². The average Bonchev–Trinajstić information content (AvgIpc) is 3.00. The van der Waals surface area contributed by atoms with Crippen LogP contribution in [0.25, 0.3) is 0 Å². The van der Waals surface area contributed by atoms with Gasteiger partial charge in [-0.25, -0.2) is 4.79 Å². The zero-order valence-corrected chi connectivity index (χ0v) is 12.6. The number of piperidine rings is 1. The Morgan fingerprint density at radius 2 is 2.05 bits per heavy atom. The Bertz CT molecular complexity index is 619. The van der Waals surface area contributed by atoms with Gasteiger partial charge in [0.1, 0.15) is 6.61 Å². The minimum atomic E-state index is -0.258. The molecule has 22 heavy (non-hydrogen) atoms. The minimum Gasteiger partial charge on any atom is -0.445 e. The van der Waals surface area contributed by atoms with Gasteiger partial charge in [0.25, 0.3) is 0 Å². The Morgan fingerprint density at radius 1 is 1.32 bits per heavy atom. The van der Waals surface area contributed by atoms with E-state index in [9.17, 15) is 4.79 Å². The predicted octanol–water partition coefficient (Wildman–Crippen LogP) is 2.89. The smallest absolute Gasteiger partial charge is 0.410 e. The van der Waals surface area contributed by atoms with Crippen LogP contribution in [0.5, 0.6) is 0 Å². The molecule has 0 aliphatic carbocycles. The van der Waals surface area contributed by atoms with E-state index in [1.165, 1.54) is 0 Å². The van der Waals surface area contributed by atoms with Gasteiger partial charge in [-0.2, -0.15) is 4.98 Å². The molecule has 0 radical (unpaired) electrons. The number of rotatable bonds is 3. The second kappa shape index (κ2) is 6.60. The maximum Gasteiger partial charge on any atom is 0.410 e. The van der Waals surface area contributed by atoms with Gasteiger partial charge in [-0.1, -0.05) is 35.5 Å². The van der Waals surface area contributed by atoms with Gasteiger partial charge in [0.15, 0.2) is 5.82 Å². The van der Waals surface area contributed by atoms with Gasteiger partial charge in [0.2, 0.25) is 5.89 Å². The van der Waals surface area contributed by atoms with E-state index in [0.29, 0.717) is 25.6 Å². The van der Waals surface area contributed by atoms with Crippen molar-refractivity contribution in [2.75, 3.05) is 13.1 Å². The monoisotopic (exact) mass is 301 g/mol. The predicted molar refractivity (Wildman–Crippen MR) is 79.2 cm³/mol. The Morgan fingerprint density at radius 3 is 2.68 bits per heavy atom. The highest BCUT2D eigenvalue weighted by atomic mass is 16.6. The Balaban J connectivity index is 1.47. The first-order chi connectivity index (χ1) is 10.7. The van der Waals surface area contributed by atoms with E-state index in [1.807, 2.05) is 30.3 Å². The highest BCUT2D eigenvalue weighted by Crippen LogP contribution is 2.26. The summed E-state index contributed by atoms with van der Waals surface area (Å²) in [5.74, 6) is 1.59. The topological polar surface area (TPSA) is 68.5 Å². The molecular formula is C16H19N3O3. The van der Waals surface area contributed by atoms with Crippen molar-refractivity contribution in [2.24, 2.45) is 0 Å². The highest BCUT2D eigenvalue weighted by Gasteiger charge is 2.27. The molecule has 0 saturated carbocycles. The van der Waals surface area contributed by atoms with Crippen LogP contribution >= 0.6 is 0 Å². The maximum atomic E-state index is 12.1. The van der Waals surface area contributed by atoms with Crippen LogP contribution in [0.15, 0.2) is 34.9 Å². The first-order valence-electron chi connectivity index (χ1n) is 7.48. The van der Waals surface area contributed by atoms with Gasteiger partial charge in [-0.05, 0) is 18.4 Å². The van der Waals surface area contributed by atoms with E-state index in [2.05, 4.69) is 10.1 Å². The Hall–Kier alpha value is -2.37. The maximum absolute atomic E-state index is 12.1. The van der Waals surface area contributed by atoms with Gasteiger partial charge in [-0.3, -0.25) is 0 Å². The average molecular weight is 301 g/mol. The molecule has 0 N–H and O–H groups in total. The van der Waals surface area contributed by atoms with Gasteiger partial charge in [0, 0.05) is 25.9 Å². The van der Waals surface area contributed by atoms with Crippen LogP contribution in [-0.2, 0) is 11.3 Å². The molecule has 3 rings (SSSR count). The van der Waals surface area contributed by atoms with Crippen LogP contribution in [0.3, 0.4) is 0 Å². The summed E-state index contributed by atoms with van der Waals surface area (Å²) in [6.45, 7) is 3.41. The van der Waals surface area contributed by atoms with E-state index in [0.717, 1.165) is 24.2 Å². The second-order valence-electron chi connectivity index (χ2n) is 5.47. The molecule has 1 amide bonds. The number of likely N-dealkylation sites (tertiary alicyclic amines) is 1. The molecule has 0 bridgehead atoms. The molecule has 6 nitrogen and oxygen atoms in total. The van der Waals surface area contributed by atoms with Crippen molar-refractivity contribution < 1.29 is 14.1 Å². The van der Waals surface area contributed by atoms with Crippen LogP contribution in [0, 0.1) is 6.92 Å². The summed E-state index contributed by atoms with van der Waals surface area (Å²) in [4.78, 5) is 18.1. The van der Waals surface area contributed by atoms with Crippen molar-refractivity contribution in [1.29, 1.82) is 0 Å². The quantitative estimate of drug-likeness (QED) is 0.872. The highest BCUT2D eigenvalue weighted by molar-refractivity contribution is 5.67. The molecule has 2 heterocycles. The van der Waals surface area contributed by atoms with Crippen molar-refractivity contribution in [3.63, 3.8) is 0 Å². The lowest BCUT2D eigenvalue weighted by Gasteiger charge is -2.29. The van der Waals surface area contributed by atoms with Gasteiger partial charge >= 0.3 is 6.09 Å². The zero-order chi connectivity index (χ0) is 15.4. The van der Waals surface area contributed by atoms with Crippen molar-refractivity contribution in [1.82, 2.24) is 15.0 Å². The van der Waals surface area contributed by atoms with E-state index < -0.39 is 0 Å². The fourth-order valence-electron chi connectivity index (χ4n) is 2.61. The lowest BCUT2D eigenvalue weighted by Crippen LogP contribution is -2.38. The third-order valence-corrected chi connectivity index (χ3v) is 3.87. The summed E-state index contributed by atoms with van der Waals surface area (Å²) in [6.07, 6.45) is 1.41. The largest absolute Gasteiger partial charge is 0.445 e. The number of carbonyl (C=O) groups excluding carboxylic acids is 1. The SMILES string of the molecule is Cc1nc(C2CCN(C(=O)OCc3ccccc3)CC2)no1. The van der Waals surface area contributed by atoms with Gasteiger partial charge in [0.05, 0.1) is 0 Å². The lowest BCUT2D eigenvalue weighted by molar-refractivity contribution is 0.0865. The molecule has 1 aromatic carbocycles. The molecule has 0 spiro atoms. The molecule has 1 aliphatic rings. The molecule has 1 aromatic heterocycles. The fourth-order valence-corrected chi connectivity index (χ4v) is 2.61. The van der Waals surface area contributed by atoms with Crippen LogP contribution in [0.2, 0.25) is 0 Å². The van der Waals surface area contributed by atoms with Crippen molar-refractivity contribution >= 4 is 6.09 Å². The third-order valence-electron chi connectivity index (χ3n) is 3.87. The minimum absolute atomic E-state index is 0.258. The summed E-state index contributed by atoms with van der Waals surface area (Å²) in [7, 11) is 0. The number of carbonyl (C=O) groups is 1. The number of hydrogen-bond donors (Lipinski definition) is 0. The first kappa shape index (κ1) is 14.6. The molecule has 0 unspecified atom stereocenters. The van der Waals surface area contributed by atoms with E-state index >= 15 is 0 Å². The molecule has 1 aliphatic heterocycles. The molecular weight excluding hydrogens is 282 g/mol. The number of aromatic nitrogens is 2. The summed E-state index contributed by atoms with van der Waals surface area (Å²) in [6, 6.07) is 9.69. The van der Waals surface area contributed by atoms with Crippen LogP contribution < -0.4 is 0 Å². The van der Waals surface area contributed by atoms with Gasteiger partial charge in [-0.15, -0.1) is 0 Å². The third kappa shape index (κ3) is 3.44. The number of amides is 1. The summed E-state index contributed by atoms with van der Waals surface area (Å²) in [5.41, 5.74) is 0.994. The summed E-state index contributed by atoms with van der Waals surface area (Å²) < 4.78 is 10.4. The molecule has 6 heteroatoms. The number of nitrogens with zero attached hydrogens (tertiary/aromatic N) is 3. The van der Waals surface area contributed by atoms with Crippen molar-refractivity contribution in [3.05, 3.63) is 47.6 Å². The lowest BCUT2D eigenvalue weighted by atomic mass is 9.96. The Kier molecular flexibility index (Phi) is 4.37. The normalized spacial score (nSPS) is 15.8. The second-order valence-corrected chi connectivity index (χ2v) is 5.47. The van der Waals surface area contributed by atoms with E-state index in [1.54, 1.807) is 11.8 Å². The number of hydrogen-bond acceptors (Lipinski definition) is 5. The molecule has 2 aromatic rings. The number of ether oxygens (including phenoxy) is 1. The van der Waals surface area contributed by atoms with Crippen LogP contribution in [-0.4, -0.2) is 34.2 Å². The summed E-state index contributed by atoms with van der Waals surface area (Å²) >= 11 is 0. The van der Waals surface area contributed by atoms with Crippen molar-refractivity contribution in [2.45, 2.75) is 32.3 Å². The van der Waals surface area contributed by atoms with Crippen LogP contribution in [0.1, 0.15) is 36.0 Å². The van der Waals surface area contributed by atoms with Gasteiger partial charge < -0.3 is 14.2 Å². The summed E-state index contributed by atoms with van der Waals surface area (Å²) in [5, 5.41) is 3.96. The van der Waals surface area contributed by atoms with E-state index in [4.69, 9.17) is 9.26 Å². The Labute approximate surface area is 129 Å². The number of benzene rings is 1. The number of aryl methyl sites for hydroxylation is 1. The van der Waals surface area contributed by atoms with Crippen LogP contribution in [0.4, 0.5) is 4.79 Å². The van der Waals surface area contributed by atoms with E-state index in [-0.39, 0.29) is 12.0 Å².